The number of rotatable bonds is 0. The van der Waals surface area contributed by atoms with E-state index in [9.17, 15) is 9.59 Å². The number of amides is 2. The zero-order chi connectivity index (χ0) is 18.4. The van der Waals surface area contributed by atoms with Crippen LogP contribution in [0.15, 0.2) is 47.6 Å². The fourth-order valence-electron chi connectivity index (χ4n) is 5.93. The quantitative estimate of drug-likeness (QED) is 0.630. The van der Waals surface area contributed by atoms with Gasteiger partial charge in [-0.25, -0.2) is 0 Å². The number of carbonyl (C=O) groups excluding carboxylic acids is 2. The second kappa shape index (κ2) is 4.79. The minimum absolute atomic E-state index is 0.00829. The lowest BCUT2D eigenvalue weighted by Gasteiger charge is -2.65. The first-order valence-electron chi connectivity index (χ1n) is 9.61. The molecule has 136 valence electrons. The van der Waals surface area contributed by atoms with Crippen LogP contribution in [0.5, 0.6) is 0 Å². The van der Waals surface area contributed by atoms with E-state index in [0.717, 1.165) is 12.8 Å². The SMILES string of the molecule is CN1C(=O)C2C=CC1/C=C1/C3=C/C4C=CC(CC3(C)C1(C)C2)N(C)C4=O. The van der Waals surface area contributed by atoms with Gasteiger partial charge in [-0.05, 0) is 24.0 Å². The summed E-state index contributed by atoms with van der Waals surface area (Å²) in [6.07, 6.45) is 14.8. The topological polar surface area (TPSA) is 40.6 Å². The van der Waals surface area contributed by atoms with Crippen LogP contribution in [0.2, 0.25) is 0 Å². The van der Waals surface area contributed by atoms with Crippen LogP contribution in [-0.4, -0.2) is 47.8 Å². The van der Waals surface area contributed by atoms with E-state index in [2.05, 4.69) is 50.3 Å². The molecule has 0 radical (unpaired) electrons. The summed E-state index contributed by atoms with van der Waals surface area (Å²) in [6, 6.07) is 0.165. The number of nitrogens with zero attached hydrogens (tertiary/aromatic N) is 2. The molecular weight excluding hydrogens is 324 g/mol. The van der Waals surface area contributed by atoms with Gasteiger partial charge in [0, 0.05) is 24.9 Å². The van der Waals surface area contributed by atoms with Gasteiger partial charge < -0.3 is 9.80 Å². The van der Waals surface area contributed by atoms with Gasteiger partial charge in [0.1, 0.15) is 0 Å². The van der Waals surface area contributed by atoms with Crippen molar-refractivity contribution in [3.8, 4) is 0 Å². The van der Waals surface area contributed by atoms with Crippen LogP contribution in [-0.2, 0) is 9.59 Å². The Kier molecular flexibility index (Phi) is 2.96. The summed E-state index contributed by atoms with van der Waals surface area (Å²) in [6.45, 7) is 4.68. The van der Waals surface area contributed by atoms with Crippen molar-refractivity contribution in [3.63, 3.8) is 0 Å². The number of likely N-dealkylation sites (N-methyl/N-ethyl adjacent to an activating group) is 2. The maximum absolute atomic E-state index is 12.8. The third-order valence-electron chi connectivity index (χ3n) is 7.95. The third-order valence-corrected chi connectivity index (χ3v) is 7.95. The van der Waals surface area contributed by atoms with Crippen molar-refractivity contribution in [2.45, 2.75) is 38.8 Å². The van der Waals surface area contributed by atoms with Gasteiger partial charge in [0.05, 0.1) is 23.9 Å². The van der Waals surface area contributed by atoms with E-state index in [0.29, 0.717) is 0 Å². The number of hydrogen-bond donors (Lipinski definition) is 0. The molecule has 6 atom stereocenters. The monoisotopic (exact) mass is 350 g/mol. The standard InChI is InChI=1S/C22H26N2O2/c1-21-11-14-6-7-15(23(3)20(14)26)10-18(21)17-9-13-5-8-16(12-22(17,21)2)24(4)19(13)25/h5-10,13-16H,11-12H2,1-4H3/b17-9-,18-10-. The molecule has 4 bridgehead atoms. The average molecular weight is 350 g/mol. The highest BCUT2D eigenvalue weighted by molar-refractivity contribution is 5.86. The normalized spacial score (nSPS) is 49.8. The molecular formula is C22H26N2O2. The van der Waals surface area contributed by atoms with Gasteiger partial charge in [-0.15, -0.1) is 0 Å². The summed E-state index contributed by atoms with van der Waals surface area (Å²) < 4.78 is 0. The second-order valence-electron chi connectivity index (χ2n) is 9.09. The Balaban J connectivity index is 1.68. The number of hydrogen-bond acceptors (Lipinski definition) is 2. The van der Waals surface area contributed by atoms with Crippen LogP contribution in [0.1, 0.15) is 26.7 Å². The predicted molar refractivity (Wildman–Crippen MR) is 100.0 cm³/mol. The van der Waals surface area contributed by atoms with Crippen molar-refractivity contribution >= 4 is 11.8 Å². The molecule has 4 heterocycles. The Morgan fingerprint density at radius 3 is 2.31 bits per heavy atom. The Labute approximate surface area is 154 Å². The van der Waals surface area contributed by atoms with Crippen LogP contribution in [0, 0.1) is 22.7 Å². The van der Waals surface area contributed by atoms with Gasteiger partial charge in [0.25, 0.3) is 0 Å². The van der Waals surface area contributed by atoms with E-state index in [-0.39, 0.29) is 46.6 Å². The highest BCUT2D eigenvalue weighted by atomic mass is 16.2. The highest BCUT2D eigenvalue weighted by Crippen LogP contribution is 2.70. The first-order chi connectivity index (χ1) is 12.3. The first kappa shape index (κ1) is 16.1. The minimum Gasteiger partial charge on any atom is -0.339 e. The van der Waals surface area contributed by atoms with Crippen molar-refractivity contribution in [1.82, 2.24) is 9.80 Å². The van der Waals surface area contributed by atoms with Crippen LogP contribution in [0.3, 0.4) is 0 Å². The molecule has 7 aliphatic rings. The van der Waals surface area contributed by atoms with E-state index < -0.39 is 0 Å². The molecule has 7 rings (SSSR count). The minimum atomic E-state index is -0.158. The van der Waals surface area contributed by atoms with Crippen molar-refractivity contribution < 1.29 is 9.59 Å². The van der Waals surface area contributed by atoms with E-state index in [1.807, 2.05) is 23.9 Å². The molecule has 4 nitrogen and oxygen atoms in total. The van der Waals surface area contributed by atoms with E-state index in [4.69, 9.17) is 0 Å². The largest absolute Gasteiger partial charge is 0.339 e. The summed E-state index contributed by atoms with van der Waals surface area (Å²) in [5, 5.41) is 0. The summed E-state index contributed by atoms with van der Waals surface area (Å²) in [5.41, 5.74) is 2.65. The van der Waals surface area contributed by atoms with Crippen LogP contribution in [0.4, 0.5) is 0 Å². The Hall–Kier alpha value is -2.10. The first-order valence-corrected chi connectivity index (χ1v) is 9.61. The van der Waals surface area contributed by atoms with Gasteiger partial charge in [-0.1, -0.05) is 50.3 Å². The molecule has 0 spiro atoms. The summed E-state index contributed by atoms with van der Waals surface area (Å²) in [4.78, 5) is 29.2. The lowest BCUT2D eigenvalue weighted by molar-refractivity contribution is -0.137. The lowest BCUT2D eigenvalue weighted by atomic mass is 9.40. The van der Waals surface area contributed by atoms with Gasteiger partial charge in [-0.3, -0.25) is 9.59 Å². The second-order valence-corrected chi connectivity index (χ2v) is 9.09. The maximum atomic E-state index is 12.8. The fourth-order valence-corrected chi connectivity index (χ4v) is 5.93. The van der Waals surface area contributed by atoms with Crippen molar-refractivity contribution in [3.05, 3.63) is 47.6 Å². The average Bonchev–Trinajstić information content (AvgIpc) is 2.59. The van der Waals surface area contributed by atoms with Gasteiger partial charge in [-0.2, -0.15) is 0 Å². The van der Waals surface area contributed by atoms with Crippen LogP contribution < -0.4 is 0 Å². The summed E-state index contributed by atoms with van der Waals surface area (Å²) in [5.74, 6) is 0.227. The van der Waals surface area contributed by atoms with E-state index in [1.165, 1.54) is 11.1 Å². The zero-order valence-electron chi connectivity index (χ0n) is 15.9. The van der Waals surface area contributed by atoms with Crippen LogP contribution in [0.25, 0.3) is 0 Å². The zero-order valence-corrected chi connectivity index (χ0v) is 15.9. The molecule has 4 heteroatoms. The van der Waals surface area contributed by atoms with Gasteiger partial charge >= 0.3 is 0 Å². The maximum Gasteiger partial charge on any atom is 0.233 e. The molecule has 1 saturated carbocycles. The molecule has 3 aliphatic carbocycles. The van der Waals surface area contributed by atoms with Crippen LogP contribution >= 0.6 is 0 Å². The number of carbonyl (C=O) groups is 2. The summed E-state index contributed by atoms with van der Waals surface area (Å²) in [7, 11) is 3.82. The Morgan fingerprint density at radius 2 is 1.54 bits per heavy atom. The van der Waals surface area contributed by atoms with E-state index >= 15 is 0 Å². The molecule has 0 aromatic heterocycles. The molecule has 2 amide bonds. The molecule has 6 unspecified atom stereocenters. The molecule has 0 aromatic rings. The van der Waals surface area contributed by atoms with Gasteiger partial charge in [0.15, 0.2) is 0 Å². The molecule has 0 N–H and O–H groups in total. The smallest absolute Gasteiger partial charge is 0.233 e. The number of fused-ring (bicyclic) bond motifs is 2. The third kappa shape index (κ3) is 1.71. The molecule has 1 fully saturated rings. The van der Waals surface area contributed by atoms with Crippen molar-refractivity contribution in [2.24, 2.45) is 22.7 Å². The lowest BCUT2D eigenvalue weighted by Crippen LogP contribution is -2.60. The van der Waals surface area contributed by atoms with Gasteiger partial charge in [0.2, 0.25) is 11.8 Å². The van der Waals surface area contributed by atoms with E-state index in [1.54, 1.807) is 0 Å². The molecule has 0 saturated heterocycles. The molecule has 26 heavy (non-hydrogen) atoms. The predicted octanol–water partition coefficient (Wildman–Crippen LogP) is 2.70. The fraction of sp³-hybridized carbons (Fsp3) is 0.545. The Bertz CT molecular complexity index is 850. The summed E-state index contributed by atoms with van der Waals surface area (Å²) >= 11 is 0. The molecule has 4 aliphatic heterocycles. The highest BCUT2D eigenvalue weighted by Gasteiger charge is 2.63. The molecule has 0 aromatic carbocycles. The van der Waals surface area contributed by atoms with Crippen molar-refractivity contribution in [1.29, 1.82) is 0 Å². The number of allylic oxidation sites excluding steroid dienone is 2. The Morgan fingerprint density at radius 1 is 0.846 bits per heavy atom. The van der Waals surface area contributed by atoms with Crippen molar-refractivity contribution in [2.75, 3.05) is 14.1 Å².